The van der Waals surface area contributed by atoms with Crippen LogP contribution in [0.15, 0.2) is 22.7 Å². The van der Waals surface area contributed by atoms with E-state index < -0.39 is 5.41 Å². The third-order valence-corrected chi connectivity index (χ3v) is 3.88. The Morgan fingerprint density at radius 3 is 2.71 bits per heavy atom. The van der Waals surface area contributed by atoms with Gasteiger partial charge in [0.1, 0.15) is 5.82 Å². The van der Waals surface area contributed by atoms with Crippen LogP contribution in [0.25, 0.3) is 0 Å². The maximum atomic E-state index is 13.2. The summed E-state index contributed by atoms with van der Waals surface area (Å²) < 4.78 is 18.4. The van der Waals surface area contributed by atoms with Gasteiger partial charge >= 0.3 is 5.97 Å². The largest absolute Gasteiger partial charge is 0.468 e. The van der Waals surface area contributed by atoms with Crippen LogP contribution in [0.3, 0.4) is 0 Å². The van der Waals surface area contributed by atoms with E-state index in [4.69, 9.17) is 10.5 Å². The number of carbonyl (C=O) groups is 1. The number of ether oxygens (including phenoxy) is 1. The average molecular weight is 302 g/mol. The van der Waals surface area contributed by atoms with Crippen molar-refractivity contribution in [2.24, 2.45) is 5.73 Å². The first-order valence-electron chi connectivity index (χ1n) is 5.29. The van der Waals surface area contributed by atoms with E-state index in [0.717, 1.165) is 5.56 Å². The van der Waals surface area contributed by atoms with E-state index in [-0.39, 0.29) is 17.8 Å². The molecule has 1 fully saturated rings. The molecular weight excluding hydrogens is 289 g/mol. The van der Waals surface area contributed by atoms with Crippen molar-refractivity contribution in [3.8, 4) is 0 Å². The van der Waals surface area contributed by atoms with Crippen molar-refractivity contribution in [3.63, 3.8) is 0 Å². The standard InChI is InChI=1S/C12H13BrFNO2/c1-17-11(16)12(5-8(15)6-12)7-2-3-10(14)9(13)4-7/h2-4,8H,5-6,15H2,1H3. The Labute approximate surface area is 107 Å². The van der Waals surface area contributed by atoms with Crippen molar-refractivity contribution in [3.05, 3.63) is 34.1 Å². The van der Waals surface area contributed by atoms with Gasteiger partial charge in [0.25, 0.3) is 0 Å². The molecule has 0 bridgehead atoms. The maximum Gasteiger partial charge on any atom is 0.316 e. The van der Waals surface area contributed by atoms with Crippen LogP contribution in [-0.2, 0) is 14.9 Å². The second-order valence-electron chi connectivity index (χ2n) is 4.37. The van der Waals surface area contributed by atoms with Crippen molar-refractivity contribution in [1.29, 1.82) is 0 Å². The lowest BCUT2D eigenvalue weighted by molar-refractivity contribution is -0.152. The number of hydrogen-bond acceptors (Lipinski definition) is 3. The number of benzene rings is 1. The number of rotatable bonds is 2. The molecule has 0 aliphatic heterocycles. The molecule has 2 N–H and O–H groups in total. The highest BCUT2D eigenvalue weighted by Crippen LogP contribution is 2.44. The van der Waals surface area contributed by atoms with Gasteiger partial charge < -0.3 is 10.5 Å². The molecule has 0 unspecified atom stereocenters. The molecule has 2 rings (SSSR count). The van der Waals surface area contributed by atoms with E-state index in [0.29, 0.717) is 17.3 Å². The normalized spacial score (nSPS) is 27.4. The monoisotopic (exact) mass is 301 g/mol. The first kappa shape index (κ1) is 12.5. The molecule has 0 atom stereocenters. The van der Waals surface area contributed by atoms with Crippen molar-refractivity contribution >= 4 is 21.9 Å². The van der Waals surface area contributed by atoms with Crippen LogP contribution < -0.4 is 5.73 Å². The minimum Gasteiger partial charge on any atom is -0.468 e. The fourth-order valence-electron chi connectivity index (χ4n) is 2.34. The number of methoxy groups -OCH3 is 1. The quantitative estimate of drug-likeness (QED) is 0.851. The Bertz CT molecular complexity index is 458. The summed E-state index contributed by atoms with van der Waals surface area (Å²) in [4.78, 5) is 11.9. The highest BCUT2D eigenvalue weighted by molar-refractivity contribution is 9.10. The molecule has 92 valence electrons. The molecule has 1 saturated carbocycles. The molecule has 0 aromatic heterocycles. The summed E-state index contributed by atoms with van der Waals surface area (Å²) in [7, 11) is 1.35. The zero-order chi connectivity index (χ0) is 12.6. The molecule has 17 heavy (non-hydrogen) atoms. The highest BCUT2D eigenvalue weighted by atomic mass is 79.9. The Morgan fingerprint density at radius 1 is 1.59 bits per heavy atom. The maximum absolute atomic E-state index is 13.2. The molecule has 1 aliphatic carbocycles. The summed E-state index contributed by atoms with van der Waals surface area (Å²) in [5.74, 6) is -0.657. The molecular formula is C12H13BrFNO2. The minimum atomic E-state index is -0.704. The fraction of sp³-hybridized carbons (Fsp3) is 0.417. The fourth-order valence-corrected chi connectivity index (χ4v) is 2.72. The Hall–Kier alpha value is -0.940. The first-order valence-corrected chi connectivity index (χ1v) is 6.08. The van der Waals surface area contributed by atoms with Gasteiger partial charge in [-0.25, -0.2) is 4.39 Å². The lowest BCUT2D eigenvalue weighted by Crippen LogP contribution is -2.54. The molecule has 0 amide bonds. The average Bonchev–Trinajstić information content (AvgIpc) is 2.27. The van der Waals surface area contributed by atoms with Crippen molar-refractivity contribution < 1.29 is 13.9 Å². The second-order valence-corrected chi connectivity index (χ2v) is 5.23. The lowest BCUT2D eigenvalue weighted by atomic mass is 9.62. The molecule has 5 heteroatoms. The summed E-state index contributed by atoms with van der Waals surface area (Å²) in [6, 6.07) is 4.58. The molecule has 0 heterocycles. The van der Waals surface area contributed by atoms with Crippen LogP contribution in [0, 0.1) is 5.82 Å². The zero-order valence-electron chi connectivity index (χ0n) is 9.37. The predicted molar refractivity (Wildman–Crippen MR) is 65.0 cm³/mol. The number of nitrogens with two attached hydrogens (primary N) is 1. The topological polar surface area (TPSA) is 52.3 Å². The lowest BCUT2D eigenvalue weighted by Gasteiger charge is -2.44. The van der Waals surface area contributed by atoms with Gasteiger partial charge in [-0.3, -0.25) is 4.79 Å². The van der Waals surface area contributed by atoms with Gasteiger partial charge in [-0.2, -0.15) is 0 Å². The second kappa shape index (κ2) is 4.38. The van der Waals surface area contributed by atoms with Crippen LogP contribution in [0.5, 0.6) is 0 Å². The van der Waals surface area contributed by atoms with Crippen LogP contribution in [0.2, 0.25) is 0 Å². The van der Waals surface area contributed by atoms with Gasteiger partial charge in [0.2, 0.25) is 0 Å². The molecule has 1 aromatic rings. The summed E-state index contributed by atoms with van der Waals surface area (Å²) in [6.07, 6.45) is 1.08. The molecule has 1 aromatic carbocycles. The Morgan fingerprint density at radius 2 is 2.24 bits per heavy atom. The van der Waals surface area contributed by atoms with Crippen molar-refractivity contribution in [2.75, 3.05) is 7.11 Å². The molecule has 0 radical (unpaired) electrons. The van der Waals surface area contributed by atoms with E-state index in [1.165, 1.54) is 13.2 Å². The zero-order valence-corrected chi connectivity index (χ0v) is 11.0. The summed E-state index contributed by atoms with van der Waals surface area (Å²) in [6.45, 7) is 0. The molecule has 0 spiro atoms. The number of halogens is 2. The van der Waals surface area contributed by atoms with E-state index in [2.05, 4.69) is 15.9 Å². The third-order valence-electron chi connectivity index (χ3n) is 3.27. The van der Waals surface area contributed by atoms with Crippen LogP contribution in [-0.4, -0.2) is 19.1 Å². The first-order chi connectivity index (χ1) is 7.99. The van der Waals surface area contributed by atoms with E-state index in [9.17, 15) is 9.18 Å². The van der Waals surface area contributed by atoms with Crippen LogP contribution in [0.4, 0.5) is 4.39 Å². The van der Waals surface area contributed by atoms with Crippen LogP contribution in [0.1, 0.15) is 18.4 Å². The van der Waals surface area contributed by atoms with Gasteiger partial charge in [0.15, 0.2) is 0 Å². The van der Waals surface area contributed by atoms with Gasteiger partial charge in [0, 0.05) is 6.04 Å². The smallest absolute Gasteiger partial charge is 0.316 e. The van der Waals surface area contributed by atoms with Gasteiger partial charge in [0.05, 0.1) is 17.0 Å². The highest BCUT2D eigenvalue weighted by Gasteiger charge is 2.51. The molecule has 0 saturated heterocycles. The minimum absolute atomic E-state index is 0.00192. The number of esters is 1. The summed E-state index contributed by atoms with van der Waals surface area (Å²) in [5.41, 5.74) is 5.80. The summed E-state index contributed by atoms with van der Waals surface area (Å²) in [5, 5.41) is 0. The SMILES string of the molecule is COC(=O)C1(c2ccc(F)c(Br)c2)CC(N)C1. The Balaban J connectivity index is 2.40. The number of carbonyl (C=O) groups excluding carboxylic acids is 1. The van der Waals surface area contributed by atoms with E-state index >= 15 is 0 Å². The predicted octanol–water partition coefficient (Wildman–Crippen LogP) is 2.12. The Kier molecular flexibility index (Phi) is 3.23. The summed E-state index contributed by atoms with van der Waals surface area (Å²) >= 11 is 3.12. The number of hydrogen-bond donors (Lipinski definition) is 1. The van der Waals surface area contributed by atoms with Crippen molar-refractivity contribution in [1.82, 2.24) is 0 Å². The van der Waals surface area contributed by atoms with E-state index in [1.54, 1.807) is 12.1 Å². The van der Waals surface area contributed by atoms with Gasteiger partial charge in [-0.1, -0.05) is 6.07 Å². The van der Waals surface area contributed by atoms with Gasteiger partial charge in [-0.15, -0.1) is 0 Å². The molecule has 3 nitrogen and oxygen atoms in total. The van der Waals surface area contributed by atoms with Crippen molar-refractivity contribution in [2.45, 2.75) is 24.3 Å². The molecule has 1 aliphatic rings. The van der Waals surface area contributed by atoms with Gasteiger partial charge in [-0.05, 0) is 46.5 Å². The van der Waals surface area contributed by atoms with Crippen LogP contribution >= 0.6 is 15.9 Å². The third kappa shape index (κ3) is 1.98. The van der Waals surface area contributed by atoms with E-state index in [1.807, 2.05) is 0 Å².